The lowest BCUT2D eigenvalue weighted by atomic mass is 9.92. The molecule has 1 heterocycles. The zero-order chi connectivity index (χ0) is 17.4. The number of halogens is 2. The summed E-state index contributed by atoms with van der Waals surface area (Å²) >= 11 is 11.9. The van der Waals surface area contributed by atoms with E-state index in [1.165, 1.54) is 4.90 Å². The number of carbonyl (C=O) groups excluding carboxylic acids is 1. The van der Waals surface area contributed by atoms with Crippen LogP contribution >= 0.6 is 23.2 Å². The van der Waals surface area contributed by atoms with E-state index < -0.39 is 23.7 Å². The van der Waals surface area contributed by atoms with Crippen molar-refractivity contribution in [1.29, 1.82) is 0 Å². The van der Waals surface area contributed by atoms with E-state index >= 15 is 0 Å². The Kier molecular flexibility index (Phi) is 5.11. The van der Waals surface area contributed by atoms with Crippen molar-refractivity contribution in [2.45, 2.75) is 44.8 Å². The van der Waals surface area contributed by atoms with Crippen molar-refractivity contribution in [2.24, 2.45) is 0 Å². The van der Waals surface area contributed by atoms with Crippen LogP contribution in [0.5, 0.6) is 0 Å². The molecule has 0 saturated carbocycles. The molecule has 1 aliphatic rings. The topological polar surface area (TPSA) is 66.8 Å². The van der Waals surface area contributed by atoms with Crippen molar-refractivity contribution in [3.63, 3.8) is 0 Å². The van der Waals surface area contributed by atoms with Crippen molar-refractivity contribution in [1.82, 2.24) is 4.90 Å². The molecule has 1 aliphatic heterocycles. The Hall–Kier alpha value is -1.46. The second kappa shape index (κ2) is 6.57. The van der Waals surface area contributed by atoms with Gasteiger partial charge in [0.2, 0.25) is 0 Å². The van der Waals surface area contributed by atoms with E-state index in [4.69, 9.17) is 27.9 Å². The molecule has 2 rings (SSSR count). The maximum atomic E-state index is 12.3. The van der Waals surface area contributed by atoms with Crippen molar-refractivity contribution < 1.29 is 19.4 Å². The lowest BCUT2D eigenvalue weighted by molar-refractivity contribution is -0.142. The fourth-order valence-electron chi connectivity index (χ4n) is 2.72. The Labute approximate surface area is 145 Å². The molecule has 1 fully saturated rings. The Morgan fingerprint density at radius 3 is 2.43 bits per heavy atom. The van der Waals surface area contributed by atoms with Gasteiger partial charge in [-0.05, 0) is 44.9 Å². The van der Waals surface area contributed by atoms with Gasteiger partial charge in [0, 0.05) is 12.5 Å². The summed E-state index contributed by atoms with van der Waals surface area (Å²) < 4.78 is 5.31. The highest BCUT2D eigenvalue weighted by Gasteiger charge is 2.44. The van der Waals surface area contributed by atoms with Crippen LogP contribution in [0.15, 0.2) is 18.2 Å². The first-order valence-corrected chi connectivity index (χ1v) is 8.03. The number of carboxylic acids is 1. The molecule has 0 radical (unpaired) electrons. The monoisotopic (exact) mass is 359 g/mol. The Morgan fingerprint density at radius 1 is 1.26 bits per heavy atom. The molecule has 1 aromatic carbocycles. The van der Waals surface area contributed by atoms with Gasteiger partial charge < -0.3 is 9.84 Å². The maximum Gasteiger partial charge on any atom is 0.411 e. The van der Waals surface area contributed by atoms with Gasteiger partial charge in [0.25, 0.3) is 0 Å². The largest absolute Gasteiger partial charge is 0.480 e. The number of rotatable bonds is 2. The summed E-state index contributed by atoms with van der Waals surface area (Å²) in [4.78, 5) is 25.2. The van der Waals surface area contributed by atoms with E-state index in [1.807, 2.05) is 0 Å². The van der Waals surface area contributed by atoms with Crippen LogP contribution in [0.25, 0.3) is 0 Å². The highest BCUT2D eigenvalue weighted by atomic mass is 35.5. The van der Waals surface area contributed by atoms with Gasteiger partial charge in [0.15, 0.2) is 0 Å². The summed E-state index contributed by atoms with van der Waals surface area (Å²) in [5.41, 5.74) is 0.0693. The fraction of sp³-hybridized carbons (Fsp3) is 0.500. The second-order valence-corrected chi connectivity index (χ2v) is 7.34. The van der Waals surface area contributed by atoms with Crippen LogP contribution in [0, 0.1) is 0 Å². The molecule has 1 aromatic rings. The number of amides is 1. The normalized spacial score (nSPS) is 21.3. The average molecular weight is 360 g/mol. The van der Waals surface area contributed by atoms with Crippen LogP contribution in [0.2, 0.25) is 10.0 Å². The number of carboxylic acid groups (broad SMARTS) is 1. The SMILES string of the molecule is CC(C)(C)OC(=O)N1CC[C@H](c2ccc(Cl)c(Cl)c2)[C@@H]1C(=O)O. The summed E-state index contributed by atoms with van der Waals surface area (Å²) in [6.45, 7) is 5.55. The predicted molar refractivity (Wildman–Crippen MR) is 88.2 cm³/mol. The lowest BCUT2D eigenvalue weighted by Crippen LogP contribution is -2.45. The summed E-state index contributed by atoms with van der Waals surface area (Å²) in [6, 6.07) is 4.05. The highest BCUT2D eigenvalue weighted by molar-refractivity contribution is 6.42. The van der Waals surface area contributed by atoms with Gasteiger partial charge in [0.05, 0.1) is 10.0 Å². The summed E-state index contributed by atoms with van der Waals surface area (Å²) in [5, 5.41) is 10.3. The zero-order valence-electron chi connectivity index (χ0n) is 13.2. The van der Waals surface area contributed by atoms with Gasteiger partial charge in [0.1, 0.15) is 11.6 Å². The number of ether oxygens (including phenoxy) is 1. The Bertz CT molecular complexity index is 627. The van der Waals surface area contributed by atoms with Gasteiger partial charge in [-0.3, -0.25) is 4.90 Å². The van der Waals surface area contributed by atoms with Gasteiger partial charge in [-0.25, -0.2) is 9.59 Å². The highest BCUT2D eigenvalue weighted by Crippen LogP contribution is 2.37. The number of likely N-dealkylation sites (tertiary alicyclic amines) is 1. The zero-order valence-corrected chi connectivity index (χ0v) is 14.7. The molecule has 0 bridgehead atoms. The van der Waals surface area contributed by atoms with Gasteiger partial charge >= 0.3 is 12.1 Å². The molecular weight excluding hydrogens is 341 g/mol. The summed E-state index contributed by atoms with van der Waals surface area (Å²) in [5.74, 6) is -1.42. The molecule has 2 atom stereocenters. The minimum atomic E-state index is -1.07. The van der Waals surface area contributed by atoms with E-state index in [1.54, 1.807) is 39.0 Å². The number of hydrogen-bond acceptors (Lipinski definition) is 3. The first kappa shape index (κ1) is 17.9. The minimum Gasteiger partial charge on any atom is -0.480 e. The Balaban J connectivity index is 2.27. The molecule has 5 nitrogen and oxygen atoms in total. The maximum absolute atomic E-state index is 12.3. The Morgan fingerprint density at radius 2 is 1.91 bits per heavy atom. The second-order valence-electron chi connectivity index (χ2n) is 6.53. The van der Waals surface area contributed by atoms with Gasteiger partial charge in [-0.1, -0.05) is 29.3 Å². The third-order valence-electron chi connectivity index (χ3n) is 3.65. The lowest BCUT2D eigenvalue weighted by Gasteiger charge is -2.28. The van der Waals surface area contributed by atoms with Gasteiger partial charge in [-0.2, -0.15) is 0 Å². The predicted octanol–water partition coefficient (Wildman–Crippen LogP) is 4.17. The van der Waals surface area contributed by atoms with Crippen molar-refractivity contribution in [2.75, 3.05) is 6.54 Å². The molecule has 23 heavy (non-hydrogen) atoms. The average Bonchev–Trinajstić information content (AvgIpc) is 2.85. The first-order valence-electron chi connectivity index (χ1n) is 7.27. The van der Waals surface area contributed by atoms with Crippen LogP contribution in [0.1, 0.15) is 38.7 Å². The van der Waals surface area contributed by atoms with Crippen LogP contribution in [0.4, 0.5) is 4.79 Å². The van der Waals surface area contributed by atoms with Crippen LogP contribution in [-0.4, -0.2) is 40.3 Å². The number of hydrogen-bond donors (Lipinski definition) is 1. The first-order chi connectivity index (χ1) is 10.6. The quantitative estimate of drug-likeness (QED) is 0.860. The molecule has 1 N–H and O–H groups in total. The molecule has 0 aromatic heterocycles. The van der Waals surface area contributed by atoms with Crippen LogP contribution < -0.4 is 0 Å². The van der Waals surface area contributed by atoms with Crippen molar-refractivity contribution in [3.05, 3.63) is 33.8 Å². The molecule has 1 saturated heterocycles. The van der Waals surface area contributed by atoms with E-state index in [0.29, 0.717) is 23.0 Å². The summed E-state index contributed by atoms with van der Waals surface area (Å²) in [7, 11) is 0. The number of carbonyl (C=O) groups is 2. The number of nitrogens with zero attached hydrogens (tertiary/aromatic N) is 1. The van der Waals surface area contributed by atoms with E-state index in [9.17, 15) is 14.7 Å². The minimum absolute atomic E-state index is 0.316. The third-order valence-corrected chi connectivity index (χ3v) is 4.39. The number of aliphatic carboxylic acids is 1. The van der Waals surface area contributed by atoms with Crippen LogP contribution in [-0.2, 0) is 9.53 Å². The molecule has 0 unspecified atom stereocenters. The standard InChI is InChI=1S/C16H19Cl2NO4/c1-16(2,3)23-15(22)19-7-6-10(13(19)14(20)21)9-4-5-11(17)12(18)8-9/h4-5,8,10,13H,6-7H2,1-3H3,(H,20,21)/t10-,13-/m1/s1. The van der Waals surface area contributed by atoms with Gasteiger partial charge in [-0.15, -0.1) is 0 Å². The summed E-state index contributed by atoms with van der Waals surface area (Å²) in [6.07, 6.45) is -0.0961. The molecular formula is C16H19Cl2NO4. The fourth-order valence-corrected chi connectivity index (χ4v) is 3.02. The smallest absolute Gasteiger partial charge is 0.411 e. The number of benzene rings is 1. The van der Waals surface area contributed by atoms with E-state index in [2.05, 4.69) is 0 Å². The van der Waals surface area contributed by atoms with E-state index in [0.717, 1.165) is 5.56 Å². The van der Waals surface area contributed by atoms with E-state index in [-0.39, 0.29) is 5.92 Å². The molecule has 0 aliphatic carbocycles. The molecule has 1 amide bonds. The molecule has 7 heteroatoms. The molecule has 126 valence electrons. The third kappa shape index (κ3) is 4.09. The molecule has 0 spiro atoms. The van der Waals surface area contributed by atoms with Crippen LogP contribution in [0.3, 0.4) is 0 Å². The van der Waals surface area contributed by atoms with Crippen molar-refractivity contribution >= 4 is 35.3 Å². The van der Waals surface area contributed by atoms with Crippen molar-refractivity contribution in [3.8, 4) is 0 Å².